The van der Waals surface area contributed by atoms with Gasteiger partial charge in [0, 0.05) is 19.3 Å². The predicted molar refractivity (Wildman–Crippen MR) is 270 cm³/mol. The van der Waals surface area contributed by atoms with Gasteiger partial charge < -0.3 is 15.3 Å². The van der Waals surface area contributed by atoms with E-state index in [1.165, 1.54) is 161 Å². The van der Waals surface area contributed by atoms with E-state index in [0.717, 1.165) is 83.5 Å². The number of rotatable bonds is 51. The van der Waals surface area contributed by atoms with Crippen molar-refractivity contribution in [3.63, 3.8) is 0 Å². The molecule has 3 N–H and O–H groups in total. The maximum absolute atomic E-state index is 13.6. The van der Waals surface area contributed by atoms with Crippen molar-refractivity contribution in [2.45, 2.75) is 321 Å². The third kappa shape index (κ3) is 36.2. The molecule has 0 bridgehead atoms. The molecule has 0 aromatic rings. The van der Waals surface area contributed by atoms with Crippen molar-refractivity contribution in [2.24, 2.45) is 0 Å². The van der Waals surface area contributed by atoms with Crippen LogP contribution >= 0.6 is 0 Å². The highest BCUT2D eigenvalue weighted by molar-refractivity contribution is 6.11. The van der Waals surface area contributed by atoms with Crippen LogP contribution in [0.4, 0.5) is 0 Å². The van der Waals surface area contributed by atoms with Gasteiger partial charge in [0.2, 0.25) is 5.60 Å². The van der Waals surface area contributed by atoms with Gasteiger partial charge in [0.1, 0.15) is 12.2 Å². The SMILES string of the molecule is CCCCC/C=C\C/C=C\CCCCCCCC(=O)C(O)C(O)C(O)(C(=O)CCCCCCCCCCCCCCCCC)C(=O)CCCCCCCCCCCCCCCCC. The first-order chi connectivity index (χ1) is 30.8. The fraction of sp³-hybridized carbons (Fsp3) is 0.877. The van der Waals surface area contributed by atoms with Crippen LogP contribution in [-0.2, 0) is 14.4 Å². The van der Waals surface area contributed by atoms with E-state index in [1.54, 1.807) is 0 Å². The zero-order chi connectivity index (χ0) is 46.3. The summed E-state index contributed by atoms with van der Waals surface area (Å²) in [6.45, 7) is 6.74. The van der Waals surface area contributed by atoms with E-state index in [2.05, 4.69) is 45.1 Å². The van der Waals surface area contributed by atoms with E-state index in [1.807, 2.05) is 0 Å². The van der Waals surface area contributed by atoms with Gasteiger partial charge >= 0.3 is 0 Å². The first-order valence-corrected chi connectivity index (χ1v) is 27.7. The molecule has 0 heterocycles. The molecule has 370 valence electrons. The first kappa shape index (κ1) is 61.4. The van der Waals surface area contributed by atoms with Crippen molar-refractivity contribution in [3.05, 3.63) is 24.3 Å². The molecule has 0 saturated carbocycles. The van der Waals surface area contributed by atoms with Crippen LogP contribution in [0.15, 0.2) is 24.3 Å². The highest BCUT2D eigenvalue weighted by Crippen LogP contribution is 2.26. The molecule has 0 aliphatic rings. The second-order valence-corrected chi connectivity index (χ2v) is 19.3. The lowest BCUT2D eigenvalue weighted by Crippen LogP contribution is -2.61. The van der Waals surface area contributed by atoms with Gasteiger partial charge in [0.25, 0.3) is 0 Å². The first-order valence-electron chi connectivity index (χ1n) is 27.7. The average molecular weight is 887 g/mol. The Labute approximate surface area is 391 Å². The van der Waals surface area contributed by atoms with Crippen LogP contribution < -0.4 is 0 Å². The third-order valence-corrected chi connectivity index (χ3v) is 13.3. The second-order valence-electron chi connectivity index (χ2n) is 19.3. The van der Waals surface area contributed by atoms with Gasteiger partial charge in [-0.2, -0.15) is 0 Å². The fourth-order valence-electron chi connectivity index (χ4n) is 8.84. The second kappa shape index (κ2) is 46.9. The van der Waals surface area contributed by atoms with Crippen molar-refractivity contribution in [1.29, 1.82) is 0 Å². The number of aliphatic hydroxyl groups is 3. The molecule has 0 aliphatic carbocycles. The smallest absolute Gasteiger partial charge is 0.210 e. The van der Waals surface area contributed by atoms with E-state index < -0.39 is 35.2 Å². The third-order valence-electron chi connectivity index (χ3n) is 13.3. The Kier molecular flexibility index (Phi) is 45.7. The van der Waals surface area contributed by atoms with Gasteiger partial charge in [-0.25, -0.2) is 0 Å². The number of carbonyl (C=O) groups excluding carboxylic acids is 3. The number of unbranched alkanes of at least 4 members (excludes halogenated alkanes) is 36. The molecule has 0 aliphatic heterocycles. The average Bonchev–Trinajstić information content (AvgIpc) is 3.29. The fourth-order valence-corrected chi connectivity index (χ4v) is 8.84. The van der Waals surface area contributed by atoms with E-state index in [9.17, 15) is 29.7 Å². The van der Waals surface area contributed by atoms with Crippen molar-refractivity contribution in [3.8, 4) is 0 Å². The lowest BCUT2D eigenvalue weighted by Gasteiger charge is -2.32. The number of hydrogen-bond donors (Lipinski definition) is 3. The number of carbonyl (C=O) groups is 3. The maximum Gasteiger partial charge on any atom is 0.210 e. The maximum atomic E-state index is 13.6. The van der Waals surface area contributed by atoms with Gasteiger partial charge in [-0.3, -0.25) is 14.4 Å². The zero-order valence-corrected chi connectivity index (χ0v) is 42.1. The molecule has 6 nitrogen and oxygen atoms in total. The van der Waals surface area contributed by atoms with E-state index in [4.69, 9.17) is 0 Å². The molecule has 0 amide bonds. The molecule has 0 radical (unpaired) electrons. The lowest BCUT2D eigenvalue weighted by molar-refractivity contribution is -0.174. The van der Waals surface area contributed by atoms with Crippen LogP contribution in [0.2, 0.25) is 0 Å². The molecule has 2 unspecified atom stereocenters. The van der Waals surface area contributed by atoms with Crippen LogP contribution in [0, 0.1) is 0 Å². The summed E-state index contributed by atoms with van der Waals surface area (Å²) in [4.78, 5) is 40.3. The van der Waals surface area contributed by atoms with E-state index in [0.29, 0.717) is 19.3 Å². The number of aliphatic hydroxyl groups excluding tert-OH is 2. The largest absolute Gasteiger partial charge is 0.386 e. The molecule has 0 aromatic heterocycles. The van der Waals surface area contributed by atoms with Gasteiger partial charge in [-0.15, -0.1) is 0 Å². The Balaban J connectivity index is 4.77. The highest BCUT2D eigenvalue weighted by atomic mass is 16.4. The van der Waals surface area contributed by atoms with Crippen LogP contribution in [-0.4, -0.2) is 50.5 Å². The van der Waals surface area contributed by atoms with Crippen molar-refractivity contribution in [2.75, 3.05) is 0 Å². The Hall–Kier alpha value is -1.63. The molecule has 63 heavy (non-hydrogen) atoms. The number of hydrogen-bond acceptors (Lipinski definition) is 6. The molecule has 0 spiro atoms. The normalized spacial score (nSPS) is 13.1. The highest BCUT2D eigenvalue weighted by Gasteiger charge is 2.52. The van der Waals surface area contributed by atoms with Crippen molar-refractivity contribution in [1.82, 2.24) is 0 Å². The molecular formula is C57H106O6. The Morgan fingerprint density at radius 1 is 0.365 bits per heavy atom. The Morgan fingerprint density at radius 3 is 0.952 bits per heavy atom. The Morgan fingerprint density at radius 2 is 0.619 bits per heavy atom. The van der Waals surface area contributed by atoms with E-state index >= 15 is 0 Å². The lowest BCUT2D eigenvalue weighted by atomic mass is 9.79. The van der Waals surface area contributed by atoms with Crippen LogP contribution in [0.3, 0.4) is 0 Å². The monoisotopic (exact) mass is 887 g/mol. The summed E-state index contributed by atoms with van der Waals surface area (Å²) in [5.74, 6) is -2.15. The molecule has 2 atom stereocenters. The van der Waals surface area contributed by atoms with Crippen molar-refractivity contribution >= 4 is 17.3 Å². The van der Waals surface area contributed by atoms with Gasteiger partial charge in [0.05, 0.1) is 0 Å². The van der Waals surface area contributed by atoms with Gasteiger partial charge in [-0.05, 0) is 51.4 Å². The number of Topliss-reactive ketones (excluding diaryl/α,β-unsaturated/α-hetero) is 3. The van der Waals surface area contributed by atoms with Crippen LogP contribution in [0.5, 0.6) is 0 Å². The summed E-state index contributed by atoms with van der Waals surface area (Å²) in [6, 6.07) is 0. The minimum Gasteiger partial charge on any atom is -0.386 e. The zero-order valence-electron chi connectivity index (χ0n) is 42.1. The van der Waals surface area contributed by atoms with E-state index in [-0.39, 0.29) is 19.3 Å². The van der Waals surface area contributed by atoms with Gasteiger partial charge in [-0.1, -0.05) is 257 Å². The molecule has 0 fully saturated rings. The molecule has 0 rings (SSSR count). The summed E-state index contributed by atoms with van der Waals surface area (Å²) < 4.78 is 0. The molecule has 0 aromatic carbocycles. The number of allylic oxidation sites excluding steroid dienone is 4. The summed E-state index contributed by atoms with van der Waals surface area (Å²) in [6.07, 6.45) is 51.9. The minimum absolute atomic E-state index is 0.0409. The van der Waals surface area contributed by atoms with Crippen LogP contribution in [0.1, 0.15) is 303 Å². The standard InChI is InChI=1S/C57H106O6/c1-4-7-10-13-16-19-22-25-28-31-34-37-40-43-46-49-52(58)55(61)56(62)57(63,53(59)50-47-44-41-38-35-32-29-26-23-20-17-14-11-8-5-2)54(60)51-48-45-42-39-36-33-30-27-24-21-18-15-12-9-6-3/h16,19,25,28,55-56,61-63H,4-15,17-18,20-24,26-27,29-51H2,1-3H3/b19-16-,28-25-. The van der Waals surface area contributed by atoms with Crippen molar-refractivity contribution < 1.29 is 29.7 Å². The summed E-state index contributed by atoms with van der Waals surface area (Å²) >= 11 is 0. The predicted octanol–water partition coefficient (Wildman–Crippen LogP) is 16.5. The summed E-state index contributed by atoms with van der Waals surface area (Å²) in [5.41, 5.74) is -2.76. The minimum atomic E-state index is -2.76. The molecular weight excluding hydrogens is 781 g/mol. The summed E-state index contributed by atoms with van der Waals surface area (Å²) in [5, 5.41) is 33.9. The quantitative estimate of drug-likeness (QED) is 0.0319. The van der Waals surface area contributed by atoms with Gasteiger partial charge in [0.15, 0.2) is 17.3 Å². The molecule has 6 heteroatoms. The molecule has 0 saturated heterocycles. The topological polar surface area (TPSA) is 112 Å². The van der Waals surface area contributed by atoms with Crippen LogP contribution in [0.25, 0.3) is 0 Å². The number of ketones is 3. The summed E-state index contributed by atoms with van der Waals surface area (Å²) in [7, 11) is 0. The Bertz CT molecular complexity index is 1030.